The monoisotopic (exact) mass is 1150 g/mol. The first kappa shape index (κ1) is 70.8. The molecule has 0 fully saturated rings. The van der Waals surface area contributed by atoms with Gasteiger partial charge in [-0.3, -0.25) is 0 Å². The van der Waals surface area contributed by atoms with Crippen molar-refractivity contribution in [1.82, 2.24) is 0 Å². The molecule has 0 unspecified atom stereocenters. The largest absolute Gasteiger partial charge is 2.00 e. The summed E-state index contributed by atoms with van der Waals surface area (Å²) in [5.41, 5.74) is 8.59. The van der Waals surface area contributed by atoms with Crippen LogP contribution in [0.2, 0.25) is 88.6 Å². The fraction of sp³-hybridized carbons (Fsp3) is 0.367. The number of nitrogens with one attached hydrogen (secondary N) is 2. The summed E-state index contributed by atoms with van der Waals surface area (Å²) < 4.78 is 20.6. The van der Waals surface area contributed by atoms with Gasteiger partial charge in [0.1, 0.15) is 11.5 Å². The molecule has 0 amide bonds. The van der Waals surface area contributed by atoms with Gasteiger partial charge in [0.25, 0.3) is 0 Å². The number of hydrogen-bond acceptors (Lipinski definition) is 4. The van der Waals surface area contributed by atoms with Gasteiger partial charge in [-0.25, -0.2) is 9.98 Å². The van der Waals surface area contributed by atoms with Crippen molar-refractivity contribution in [3.63, 3.8) is 0 Å². The smallest absolute Gasteiger partial charge is 0.871 e. The van der Waals surface area contributed by atoms with Gasteiger partial charge in [0, 0.05) is 44.4 Å². The van der Waals surface area contributed by atoms with Crippen LogP contribution in [0.15, 0.2) is 121 Å². The van der Waals surface area contributed by atoms with E-state index >= 15 is 0 Å². The predicted molar refractivity (Wildman–Crippen MR) is 339 cm³/mol. The van der Waals surface area contributed by atoms with Crippen LogP contribution in [0.1, 0.15) is 63.8 Å². The van der Waals surface area contributed by atoms with Crippen LogP contribution >= 0.6 is 23.2 Å². The normalized spacial score (nSPS) is 12.0. The number of hydrogen-bond donors (Lipinski definition) is 2. The molecule has 6 aromatic rings. The van der Waals surface area contributed by atoms with Gasteiger partial charge in [0.15, 0.2) is 12.4 Å². The average Bonchev–Trinajstić information content (AvgIpc) is 3.27. The molecule has 0 aliphatic heterocycles. The molecule has 400 valence electrons. The second kappa shape index (κ2) is 30.4. The number of para-hydroxylation sites is 4. The third-order valence-corrected chi connectivity index (χ3v) is 21.9. The van der Waals surface area contributed by atoms with Crippen LogP contribution in [-0.2, 0) is 10.8 Å². The SMILES string of the molecule is COc1ccccc1-c1ccccc1[NH+]=Cc1cc(C(C)(C)C)cc(Cl)c1[O-].COc1ccccc1-c1ccccc1[NH+]=Cc1cc(C(C)(C)C)cc(Cl)c1[O-].C[Si](C)(C)[N-][Si](C)(C)C.C[Si](C)(C)[N-][Si](C)(C)C.[Mg+2].[Mg+2]. The molecule has 0 aliphatic rings. The molecule has 2 N–H and O–H groups in total. The van der Waals surface area contributed by atoms with E-state index in [1.807, 2.05) is 109 Å². The van der Waals surface area contributed by atoms with Gasteiger partial charge in [0.05, 0.1) is 25.3 Å². The van der Waals surface area contributed by atoms with Crippen molar-refractivity contribution in [3.8, 4) is 45.3 Å². The predicted octanol–water partition coefficient (Wildman–Crippen LogP) is 13.7. The molecule has 0 radical (unpaired) electrons. The second-order valence-corrected chi connectivity index (χ2v) is 44.2. The van der Waals surface area contributed by atoms with Crippen LogP contribution in [0, 0.1) is 0 Å². The Morgan fingerprint density at radius 2 is 0.697 bits per heavy atom. The summed E-state index contributed by atoms with van der Waals surface area (Å²) in [6.07, 6.45) is 3.44. The second-order valence-electron chi connectivity index (χ2n) is 24.2. The van der Waals surface area contributed by atoms with E-state index in [4.69, 9.17) is 42.0 Å². The van der Waals surface area contributed by atoms with E-state index < -0.39 is 32.9 Å². The molecule has 6 rings (SSSR count). The number of ether oxygens (including phenoxy) is 2. The van der Waals surface area contributed by atoms with Gasteiger partial charge >= 0.3 is 46.1 Å². The Hall–Kier alpha value is -3.24. The minimum absolute atomic E-state index is 0. The molecule has 0 bridgehead atoms. The fourth-order valence-corrected chi connectivity index (χ4v) is 24.6. The van der Waals surface area contributed by atoms with E-state index in [9.17, 15) is 10.2 Å². The van der Waals surface area contributed by atoms with Crippen LogP contribution in [0.4, 0.5) is 11.4 Å². The van der Waals surface area contributed by atoms with Gasteiger partial charge in [-0.1, -0.05) is 248 Å². The zero-order chi connectivity index (χ0) is 56.0. The van der Waals surface area contributed by atoms with E-state index in [0.717, 1.165) is 56.3 Å². The van der Waals surface area contributed by atoms with Crippen LogP contribution in [0.5, 0.6) is 23.0 Å². The molecule has 6 aromatic carbocycles. The van der Waals surface area contributed by atoms with Gasteiger partial charge in [0.2, 0.25) is 11.4 Å². The first-order valence-electron chi connectivity index (χ1n) is 25.2. The van der Waals surface area contributed by atoms with Crippen molar-refractivity contribution in [2.24, 2.45) is 0 Å². The Kier molecular flexibility index (Phi) is 28.3. The number of halogens is 2. The van der Waals surface area contributed by atoms with E-state index in [1.54, 1.807) is 38.8 Å². The maximum absolute atomic E-state index is 12.5. The number of rotatable bonds is 12. The third-order valence-electron chi connectivity index (χ3n) is 10.6. The Bertz CT molecular complexity index is 2630. The standard InChI is InChI=1S/2C24H24ClNO2.2C6H18NSi2.2Mg/c2*1-24(2,3)17-13-16(23(27)20(25)14-17)15-26-21-11-7-5-9-18(21)19-10-6-8-12-22(19)28-4;2*1-8(2,3)7-9(4,5)6;;/h2*5-15,27H,1-4H3;2*1-6H3;;/q;;2*-1;2*+2. The van der Waals surface area contributed by atoms with Crippen molar-refractivity contribution < 1.29 is 29.7 Å². The molecule has 0 atom stereocenters. The molecule has 8 nitrogen and oxygen atoms in total. The van der Waals surface area contributed by atoms with Gasteiger partial charge in [-0.15, -0.1) is 0 Å². The molecule has 16 heteroatoms. The van der Waals surface area contributed by atoms with E-state index in [1.165, 1.54) is 0 Å². The van der Waals surface area contributed by atoms with Gasteiger partial charge < -0.3 is 29.0 Å². The maximum Gasteiger partial charge on any atom is 2.00 e. The van der Waals surface area contributed by atoms with Crippen molar-refractivity contribution >= 4 is 126 Å². The summed E-state index contributed by atoms with van der Waals surface area (Å²) >= 11 is 12.4. The zero-order valence-electron chi connectivity index (χ0n) is 49.4. The molecule has 0 saturated heterocycles. The summed E-state index contributed by atoms with van der Waals surface area (Å²) in [6.45, 7) is 40.1. The number of nitrogens with zero attached hydrogens (tertiary/aromatic N) is 2. The van der Waals surface area contributed by atoms with Crippen molar-refractivity contribution in [2.75, 3.05) is 14.2 Å². The molecule has 0 aromatic heterocycles. The third kappa shape index (κ3) is 24.4. The summed E-state index contributed by atoms with van der Waals surface area (Å²) in [4.78, 5) is 6.57. The first-order chi connectivity index (χ1) is 34.0. The Labute approximate surface area is 504 Å². The average molecular weight is 1160 g/mol. The minimum Gasteiger partial charge on any atom is -0.871 e. The topological polar surface area (TPSA) is 121 Å². The molecule has 0 aliphatic carbocycles. The summed E-state index contributed by atoms with van der Waals surface area (Å²) in [7, 11) is -1.11. The molecular formula is C60H84Cl2Mg2N4O4Si4+2. The van der Waals surface area contributed by atoms with Crippen LogP contribution in [0.3, 0.4) is 0 Å². The van der Waals surface area contributed by atoms with Gasteiger partial charge in [-0.2, -0.15) is 0 Å². The van der Waals surface area contributed by atoms with Crippen LogP contribution < -0.4 is 29.7 Å². The van der Waals surface area contributed by atoms with Crippen LogP contribution in [0.25, 0.3) is 31.5 Å². The fourth-order valence-electron chi connectivity index (χ4n) is 8.06. The van der Waals surface area contributed by atoms with Crippen molar-refractivity contribution in [1.29, 1.82) is 0 Å². The summed E-state index contributed by atoms with van der Waals surface area (Å²) in [5, 5.41) is 25.5. The minimum atomic E-state index is -1.11. The van der Waals surface area contributed by atoms with Crippen LogP contribution in [-0.4, -0.2) is 106 Å². The Balaban J connectivity index is 0.000000566. The first-order valence-corrected chi connectivity index (χ1v) is 39.7. The number of methoxy groups -OCH3 is 2. The molecule has 0 heterocycles. The zero-order valence-corrected chi connectivity index (χ0v) is 57.7. The number of benzene rings is 6. The van der Waals surface area contributed by atoms with Gasteiger partial charge in [-0.05, 0) is 70.5 Å². The van der Waals surface area contributed by atoms with Crippen molar-refractivity contribution in [2.45, 2.75) is 131 Å². The van der Waals surface area contributed by atoms with E-state index in [2.05, 4.69) is 130 Å². The Morgan fingerprint density at radius 1 is 0.434 bits per heavy atom. The quantitative estimate of drug-likeness (QED) is 0.0936. The molecule has 0 saturated carbocycles. The molecular weight excluding hydrogens is 1070 g/mol. The van der Waals surface area contributed by atoms with E-state index in [-0.39, 0.29) is 78.5 Å². The maximum atomic E-state index is 12.5. The van der Waals surface area contributed by atoms with E-state index in [0.29, 0.717) is 11.1 Å². The molecule has 76 heavy (non-hydrogen) atoms. The molecule has 0 spiro atoms. The van der Waals surface area contributed by atoms with Crippen molar-refractivity contribution in [3.05, 3.63) is 163 Å². The Morgan fingerprint density at radius 3 is 0.947 bits per heavy atom. The summed E-state index contributed by atoms with van der Waals surface area (Å²) in [5.74, 6) is 1.21. The summed E-state index contributed by atoms with van der Waals surface area (Å²) in [6, 6.07) is 38.8.